The summed E-state index contributed by atoms with van der Waals surface area (Å²) in [4.78, 5) is 26.1. The quantitative estimate of drug-likeness (QED) is 0.779. The number of nitrogens with one attached hydrogen (secondary N) is 1. The maximum atomic E-state index is 12.2. The van der Waals surface area contributed by atoms with Crippen molar-refractivity contribution in [1.82, 2.24) is 4.90 Å². The van der Waals surface area contributed by atoms with Gasteiger partial charge in [0.25, 0.3) is 0 Å². The predicted octanol–water partition coefficient (Wildman–Crippen LogP) is 3.11. The van der Waals surface area contributed by atoms with Gasteiger partial charge in [-0.2, -0.15) is 0 Å². The van der Waals surface area contributed by atoms with Crippen LogP contribution in [0.3, 0.4) is 0 Å². The van der Waals surface area contributed by atoms with Gasteiger partial charge in [0.05, 0.1) is 12.0 Å². The summed E-state index contributed by atoms with van der Waals surface area (Å²) in [5.74, 6) is -0.104. The van der Waals surface area contributed by atoms with Gasteiger partial charge in [-0.15, -0.1) is 0 Å². The lowest BCUT2D eigenvalue weighted by atomic mass is 9.67. The van der Waals surface area contributed by atoms with Crippen LogP contribution in [0.15, 0.2) is 22.7 Å². The normalized spacial score (nSPS) is 21.7. The number of aryl methyl sites for hydroxylation is 1. The molecule has 130 valence electrons. The number of amides is 1. The highest BCUT2D eigenvalue weighted by atomic mass is 79.9. The van der Waals surface area contributed by atoms with Crippen LogP contribution >= 0.6 is 15.9 Å². The number of halogens is 1. The van der Waals surface area contributed by atoms with Crippen molar-refractivity contribution in [3.05, 3.63) is 28.2 Å². The van der Waals surface area contributed by atoms with Gasteiger partial charge in [0.2, 0.25) is 5.91 Å². The Balaban J connectivity index is 1.49. The van der Waals surface area contributed by atoms with Crippen LogP contribution in [0, 0.1) is 12.3 Å². The summed E-state index contributed by atoms with van der Waals surface area (Å²) in [6.45, 7) is 2.83. The van der Waals surface area contributed by atoms with E-state index >= 15 is 0 Å². The van der Waals surface area contributed by atoms with E-state index in [1.54, 1.807) is 0 Å². The zero-order valence-corrected chi connectivity index (χ0v) is 15.7. The number of anilines is 1. The smallest absolute Gasteiger partial charge is 0.312 e. The molecule has 0 aromatic heterocycles. The van der Waals surface area contributed by atoms with E-state index in [1.165, 1.54) is 0 Å². The van der Waals surface area contributed by atoms with E-state index in [4.69, 9.17) is 4.74 Å². The Morgan fingerprint density at radius 2 is 2.21 bits per heavy atom. The molecular weight excluding hydrogens is 372 g/mol. The molecule has 0 radical (unpaired) electrons. The minimum Gasteiger partial charge on any atom is -0.461 e. The number of carbonyl (C=O) groups is 2. The lowest BCUT2D eigenvalue weighted by Crippen LogP contribution is -2.36. The van der Waals surface area contributed by atoms with E-state index in [9.17, 15) is 9.59 Å². The van der Waals surface area contributed by atoms with Gasteiger partial charge < -0.3 is 10.1 Å². The van der Waals surface area contributed by atoms with E-state index in [2.05, 4.69) is 21.2 Å². The van der Waals surface area contributed by atoms with Crippen LogP contribution in [0.2, 0.25) is 0 Å². The summed E-state index contributed by atoms with van der Waals surface area (Å²) in [6, 6.07) is 5.76. The molecule has 1 N–H and O–H groups in total. The molecule has 1 aliphatic heterocycles. The first-order chi connectivity index (χ1) is 11.4. The van der Waals surface area contributed by atoms with Gasteiger partial charge in [-0.05, 0) is 50.6 Å². The van der Waals surface area contributed by atoms with Crippen molar-refractivity contribution < 1.29 is 14.3 Å². The van der Waals surface area contributed by atoms with Gasteiger partial charge in [-0.25, -0.2) is 0 Å². The largest absolute Gasteiger partial charge is 0.461 e. The highest BCUT2D eigenvalue weighted by Crippen LogP contribution is 2.50. The minimum absolute atomic E-state index is 0.0397. The average Bonchev–Trinajstić information content (AvgIpc) is 2.78. The number of cyclic esters (lactones) is 1. The molecule has 1 atom stereocenters. The number of esters is 1. The van der Waals surface area contributed by atoms with Crippen LogP contribution in [0.25, 0.3) is 0 Å². The molecule has 2 aliphatic rings. The van der Waals surface area contributed by atoms with Crippen molar-refractivity contribution in [2.24, 2.45) is 5.41 Å². The van der Waals surface area contributed by atoms with Gasteiger partial charge in [-0.1, -0.05) is 22.4 Å². The Labute approximate surface area is 150 Å². The molecule has 1 spiro atoms. The van der Waals surface area contributed by atoms with E-state index in [-0.39, 0.29) is 29.9 Å². The number of hydrogen-bond acceptors (Lipinski definition) is 4. The highest BCUT2D eigenvalue weighted by Gasteiger charge is 2.52. The molecule has 1 unspecified atom stereocenters. The number of carbonyl (C=O) groups excluding carboxylic acids is 2. The maximum absolute atomic E-state index is 12.2. The standard InChI is InChI=1S/C18H23BrN2O3/c1-12-8-13(19)4-5-15(12)20-16(22)11-21(2)10-14-9-18(6-3-7-18)17(23)24-14/h4-5,8,14H,3,6-7,9-11H2,1-2H3,(H,20,22). The molecule has 1 aliphatic carbocycles. The second-order valence-corrected chi connectivity index (χ2v) is 7.99. The zero-order valence-electron chi connectivity index (χ0n) is 14.1. The molecule has 24 heavy (non-hydrogen) atoms. The van der Waals surface area contributed by atoms with E-state index in [0.717, 1.165) is 41.4 Å². The van der Waals surface area contributed by atoms with Crippen LogP contribution in [-0.2, 0) is 14.3 Å². The van der Waals surface area contributed by atoms with Crippen LogP contribution in [0.5, 0.6) is 0 Å². The third-order valence-corrected chi connectivity index (χ3v) is 5.52. The fourth-order valence-corrected chi connectivity index (χ4v) is 4.04. The van der Waals surface area contributed by atoms with Crippen molar-refractivity contribution in [2.45, 2.75) is 38.7 Å². The van der Waals surface area contributed by atoms with Crippen LogP contribution in [0.1, 0.15) is 31.2 Å². The number of benzene rings is 1. The lowest BCUT2D eigenvalue weighted by molar-refractivity contribution is -0.152. The Kier molecular flexibility index (Phi) is 4.97. The van der Waals surface area contributed by atoms with Gasteiger partial charge in [0, 0.05) is 23.1 Å². The summed E-state index contributed by atoms with van der Waals surface area (Å²) in [7, 11) is 1.88. The molecule has 1 saturated carbocycles. The van der Waals surface area contributed by atoms with Crippen molar-refractivity contribution in [2.75, 3.05) is 25.5 Å². The number of rotatable bonds is 5. The van der Waals surface area contributed by atoms with E-state index < -0.39 is 0 Å². The maximum Gasteiger partial charge on any atom is 0.312 e. The average molecular weight is 395 g/mol. The zero-order chi connectivity index (χ0) is 17.3. The molecular formula is C18H23BrN2O3. The highest BCUT2D eigenvalue weighted by molar-refractivity contribution is 9.10. The molecule has 0 bridgehead atoms. The number of hydrogen-bond donors (Lipinski definition) is 1. The number of ether oxygens (including phenoxy) is 1. The summed E-state index contributed by atoms with van der Waals surface area (Å²) >= 11 is 3.41. The third-order valence-electron chi connectivity index (χ3n) is 5.03. The molecule has 1 saturated heterocycles. The van der Waals surface area contributed by atoms with Crippen LogP contribution in [-0.4, -0.2) is 43.0 Å². The first kappa shape index (κ1) is 17.4. The summed E-state index contributed by atoms with van der Waals surface area (Å²) in [5, 5.41) is 2.93. The van der Waals surface area contributed by atoms with Crippen molar-refractivity contribution >= 4 is 33.5 Å². The lowest BCUT2D eigenvalue weighted by Gasteiger charge is -2.33. The molecule has 3 rings (SSSR count). The van der Waals surface area contributed by atoms with Gasteiger partial charge >= 0.3 is 5.97 Å². The summed E-state index contributed by atoms with van der Waals surface area (Å²) in [6.07, 6.45) is 3.73. The third kappa shape index (κ3) is 3.64. The Morgan fingerprint density at radius 3 is 2.79 bits per heavy atom. The molecule has 6 heteroatoms. The number of nitrogens with zero attached hydrogens (tertiary/aromatic N) is 1. The van der Waals surface area contributed by atoms with Crippen molar-refractivity contribution in [1.29, 1.82) is 0 Å². The molecule has 2 fully saturated rings. The molecule has 1 heterocycles. The number of likely N-dealkylation sites (N-methyl/N-ethyl adjacent to an activating group) is 1. The monoisotopic (exact) mass is 394 g/mol. The molecule has 1 aromatic rings. The first-order valence-electron chi connectivity index (χ1n) is 8.34. The van der Waals surface area contributed by atoms with Crippen molar-refractivity contribution in [3.63, 3.8) is 0 Å². The van der Waals surface area contributed by atoms with Gasteiger partial charge in [0.15, 0.2) is 0 Å². The second-order valence-electron chi connectivity index (χ2n) is 7.07. The summed E-state index contributed by atoms with van der Waals surface area (Å²) in [5.41, 5.74) is 1.62. The first-order valence-corrected chi connectivity index (χ1v) is 9.13. The van der Waals surface area contributed by atoms with E-state index in [0.29, 0.717) is 6.54 Å². The van der Waals surface area contributed by atoms with Crippen LogP contribution < -0.4 is 5.32 Å². The molecule has 1 aromatic carbocycles. The SMILES string of the molecule is Cc1cc(Br)ccc1NC(=O)CN(C)CC1CC2(CCC2)C(=O)O1. The van der Waals surface area contributed by atoms with Crippen LogP contribution in [0.4, 0.5) is 5.69 Å². The topological polar surface area (TPSA) is 58.6 Å². The van der Waals surface area contributed by atoms with Crippen molar-refractivity contribution in [3.8, 4) is 0 Å². The molecule has 5 nitrogen and oxygen atoms in total. The fraction of sp³-hybridized carbons (Fsp3) is 0.556. The van der Waals surface area contributed by atoms with Gasteiger partial charge in [-0.3, -0.25) is 14.5 Å². The Morgan fingerprint density at radius 1 is 1.46 bits per heavy atom. The van der Waals surface area contributed by atoms with Gasteiger partial charge in [0.1, 0.15) is 6.10 Å². The summed E-state index contributed by atoms with van der Waals surface area (Å²) < 4.78 is 6.49. The van der Waals surface area contributed by atoms with E-state index in [1.807, 2.05) is 37.1 Å². The molecule has 1 amide bonds. The second kappa shape index (κ2) is 6.84. The minimum atomic E-state index is -0.206. The Bertz CT molecular complexity index is 658. The fourth-order valence-electron chi connectivity index (χ4n) is 3.57. The Hall–Kier alpha value is -1.40. The predicted molar refractivity (Wildman–Crippen MR) is 95.8 cm³/mol.